The van der Waals surface area contributed by atoms with Gasteiger partial charge >= 0.3 is 5.97 Å². The Labute approximate surface area is 125 Å². The molecule has 0 spiro atoms. The lowest BCUT2D eigenvalue weighted by molar-refractivity contribution is -0.142. The number of carbonyl (C=O) groups is 1. The molecule has 0 bridgehead atoms. The van der Waals surface area contributed by atoms with Crippen LogP contribution in [0.15, 0.2) is 18.2 Å². The molecule has 1 saturated heterocycles. The van der Waals surface area contributed by atoms with Gasteiger partial charge in [-0.15, -0.1) is 0 Å². The van der Waals surface area contributed by atoms with Crippen LogP contribution in [0.3, 0.4) is 0 Å². The van der Waals surface area contributed by atoms with Crippen molar-refractivity contribution in [3.63, 3.8) is 0 Å². The number of hydrogen-bond donors (Lipinski definition) is 1. The van der Waals surface area contributed by atoms with Gasteiger partial charge in [-0.2, -0.15) is 0 Å². The van der Waals surface area contributed by atoms with E-state index in [0.717, 1.165) is 24.3 Å². The number of hydrogen-bond acceptors (Lipinski definition) is 5. The number of nitrogens with one attached hydrogen (secondary N) is 1. The molecule has 1 aliphatic rings. The van der Waals surface area contributed by atoms with Crippen LogP contribution in [0.4, 0.5) is 0 Å². The molecule has 1 aromatic carbocycles. The normalized spacial score (nSPS) is 21.1. The lowest BCUT2D eigenvalue weighted by Gasteiger charge is -2.16. The highest BCUT2D eigenvalue weighted by molar-refractivity contribution is 5.76. The van der Waals surface area contributed by atoms with Gasteiger partial charge in [0.05, 0.1) is 14.2 Å². The summed E-state index contributed by atoms with van der Waals surface area (Å²) in [6.45, 7) is 2.77. The lowest BCUT2D eigenvalue weighted by Crippen LogP contribution is -2.31. The molecule has 0 unspecified atom stereocenters. The minimum atomic E-state index is -0.287. The summed E-state index contributed by atoms with van der Waals surface area (Å²) >= 11 is 0. The van der Waals surface area contributed by atoms with Crippen LogP contribution in [0.1, 0.15) is 25.3 Å². The largest absolute Gasteiger partial charge is 0.493 e. The summed E-state index contributed by atoms with van der Waals surface area (Å²) in [5.74, 6) is 1.21. The quantitative estimate of drug-likeness (QED) is 0.812. The summed E-state index contributed by atoms with van der Waals surface area (Å²) in [6.07, 6.45) is 2.66. The van der Waals surface area contributed by atoms with Gasteiger partial charge in [-0.05, 0) is 24.1 Å². The van der Waals surface area contributed by atoms with Crippen LogP contribution < -0.4 is 14.8 Å². The zero-order valence-electron chi connectivity index (χ0n) is 12.8. The Morgan fingerprint density at radius 3 is 2.81 bits per heavy atom. The highest BCUT2D eigenvalue weighted by Crippen LogP contribution is 2.30. The van der Waals surface area contributed by atoms with Crippen LogP contribution in [-0.2, 0) is 16.0 Å². The van der Waals surface area contributed by atoms with E-state index in [1.807, 2.05) is 12.1 Å². The fraction of sp³-hybridized carbons (Fsp3) is 0.562. The molecule has 2 atom stereocenters. The van der Waals surface area contributed by atoms with Gasteiger partial charge in [0.1, 0.15) is 12.1 Å². The molecule has 0 radical (unpaired) electrons. The molecule has 1 N–H and O–H groups in total. The first-order chi connectivity index (χ1) is 10.2. The van der Waals surface area contributed by atoms with Gasteiger partial charge in [0.2, 0.25) is 0 Å². The Morgan fingerprint density at radius 1 is 1.33 bits per heavy atom. The maximum Gasteiger partial charge on any atom is 0.323 e. The van der Waals surface area contributed by atoms with Crippen molar-refractivity contribution in [3.8, 4) is 11.5 Å². The van der Waals surface area contributed by atoms with Crippen LogP contribution in [-0.4, -0.2) is 38.9 Å². The van der Waals surface area contributed by atoms with Crippen molar-refractivity contribution in [2.75, 3.05) is 20.8 Å². The van der Waals surface area contributed by atoms with Crippen LogP contribution in [0, 0.1) is 0 Å². The number of rotatable bonds is 6. The van der Waals surface area contributed by atoms with Crippen LogP contribution in [0.5, 0.6) is 11.5 Å². The van der Waals surface area contributed by atoms with Gasteiger partial charge < -0.3 is 19.5 Å². The third kappa shape index (κ3) is 3.88. The number of carbonyl (C=O) groups excluding carboxylic acids is 1. The number of esters is 1. The molecule has 0 saturated carbocycles. The van der Waals surface area contributed by atoms with E-state index >= 15 is 0 Å². The van der Waals surface area contributed by atoms with Gasteiger partial charge in [0.25, 0.3) is 0 Å². The Kier molecular flexibility index (Phi) is 5.44. The van der Waals surface area contributed by atoms with Crippen molar-refractivity contribution >= 4 is 5.97 Å². The molecule has 0 amide bonds. The topological polar surface area (TPSA) is 56.8 Å². The molecule has 0 aliphatic carbocycles. The summed E-state index contributed by atoms with van der Waals surface area (Å²) < 4.78 is 16.1. The van der Waals surface area contributed by atoms with Gasteiger partial charge in [-0.25, -0.2) is 0 Å². The van der Waals surface area contributed by atoms with Crippen molar-refractivity contribution in [2.45, 2.75) is 38.3 Å². The van der Waals surface area contributed by atoms with Crippen LogP contribution in [0.2, 0.25) is 0 Å². The predicted molar refractivity (Wildman–Crippen MR) is 79.8 cm³/mol. The number of aryl methyl sites for hydroxylation is 1. The van der Waals surface area contributed by atoms with Gasteiger partial charge in [0, 0.05) is 13.0 Å². The van der Waals surface area contributed by atoms with Crippen LogP contribution in [0.25, 0.3) is 0 Å². The van der Waals surface area contributed by atoms with Gasteiger partial charge in [0.15, 0.2) is 11.5 Å². The Balaban J connectivity index is 2.01. The van der Waals surface area contributed by atoms with Crippen molar-refractivity contribution in [2.24, 2.45) is 0 Å². The molecule has 0 aromatic heterocycles. The van der Waals surface area contributed by atoms with Crippen molar-refractivity contribution in [1.29, 1.82) is 0 Å². The molecular weight excluding hydrogens is 270 g/mol. The molecule has 21 heavy (non-hydrogen) atoms. The SMILES string of the molecule is CCCc1ccc(O[C@H]2CN[C@@H](C(=O)OC)C2)c(OC)c1. The van der Waals surface area contributed by atoms with Crippen molar-refractivity contribution in [1.82, 2.24) is 5.32 Å². The fourth-order valence-corrected chi connectivity index (χ4v) is 2.55. The number of methoxy groups -OCH3 is 2. The smallest absolute Gasteiger partial charge is 0.323 e. The average Bonchev–Trinajstić information content (AvgIpc) is 2.96. The van der Waals surface area contributed by atoms with E-state index in [4.69, 9.17) is 14.2 Å². The van der Waals surface area contributed by atoms with E-state index < -0.39 is 0 Å². The van der Waals surface area contributed by atoms with E-state index in [2.05, 4.69) is 18.3 Å². The van der Waals surface area contributed by atoms with Gasteiger partial charge in [-0.1, -0.05) is 19.4 Å². The highest BCUT2D eigenvalue weighted by atomic mass is 16.5. The summed E-state index contributed by atoms with van der Waals surface area (Å²) in [5.41, 5.74) is 1.23. The predicted octanol–water partition coefficient (Wildman–Crippen LogP) is 1.93. The molecule has 1 aromatic rings. The maximum atomic E-state index is 11.5. The second-order valence-corrected chi connectivity index (χ2v) is 5.19. The van der Waals surface area contributed by atoms with E-state index in [1.54, 1.807) is 7.11 Å². The highest BCUT2D eigenvalue weighted by Gasteiger charge is 2.31. The minimum absolute atomic E-state index is 0.0555. The number of ether oxygens (including phenoxy) is 3. The van der Waals surface area contributed by atoms with E-state index in [-0.39, 0.29) is 18.1 Å². The molecule has 2 rings (SSSR count). The Morgan fingerprint density at radius 2 is 2.14 bits per heavy atom. The van der Waals surface area contributed by atoms with Crippen LogP contribution >= 0.6 is 0 Å². The molecular formula is C16H23NO4. The summed E-state index contributed by atoms with van der Waals surface area (Å²) in [6, 6.07) is 5.72. The second-order valence-electron chi connectivity index (χ2n) is 5.19. The monoisotopic (exact) mass is 293 g/mol. The van der Waals surface area contributed by atoms with E-state index in [0.29, 0.717) is 13.0 Å². The second kappa shape index (κ2) is 7.31. The number of benzene rings is 1. The first kappa shape index (κ1) is 15.6. The summed E-state index contributed by atoms with van der Waals surface area (Å²) in [4.78, 5) is 11.5. The molecule has 1 aliphatic heterocycles. The Bertz CT molecular complexity index is 489. The average molecular weight is 293 g/mol. The molecule has 5 heteroatoms. The lowest BCUT2D eigenvalue weighted by atomic mass is 10.1. The van der Waals surface area contributed by atoms with E-state index in [1.165, 1.54) is 12.7 Å². The third-order valence-electron chi connectivity index (χ3n) is 3.64. The molecule has 5 nitrogen and oxygen atoms in total. The van der Waals surface area contributed by atoms with Crippen molar-refractivity contribution < 1.29 is 19.0 Å². The first-order valence-electron chi connectivity index (χ1n) is 7.32. The summed E-state index contributed by atoms with van der Waals surface area (Å²) in [5, 5.41) is 3.11. The molecule has 1 fully saturated rings. The summed E-state index contributed by atoms with van der Waals surface area (Å²) in [7, 11) is 3.04. The van der Waals surface area contributed by atoms with Gasteiger partial charge in [-0.3, -0.25) is 4.79 Å². The Hall–Kier alpha value is -1.75. The third-order valence-corrected chi connectivity index (χ3v) is 3.64. The standard InChI is InChI=1S/C16H23NO4/c1-4-5-11-6-7-14(15(8-11)19-2)21-12-9-13(17-10-12)16(18)20-3/h6-8,12-13,17H,4-5,9-10H2,1-3H3/t12-,13-/m1/s1. The van der Waals surface area contributed by atoms with E-state index in [9.17, 15) is 4.79 Å². The first-order valence-corrected chi connectivity index (χ1v) is 7.32. The minimum Gasteiger partial charge on any atom is -0.493 e. The van der Waals surface area contributed by atoms with Crippen molar-refractivity contribution in [3.05, 3.63) is 23.8 Å². The fourth-order valence-electron chi connectivity index (χ4n) is 2.55. The maximum absolute atomic E-state index is 11.5. The molecule has 116 valence electrons. The molecule has 1 heterocycles. The zero-order valence-corrected chi connectivity index (χ0v) is 12.8. The zero-order chi connectivity index (χ0) is 15.2.